The molecule has 2 heterocycles. The maximum absolute atomic E-state index is 13.2. The minimum absolute atomic E-state index is 0.00560. The standard InChI is InChI=1S/C16H11FN2O5S/c17-9-1-3-10(4-2-9)18-15(20)7-25-16(18)11-5-13-14(24-8-23-13)6-12(11)19(21)22/h1-6,16H,7-8H2/t16-/m1/s1. The van der Waals surface area contributed by atoms with Crippen molar-refractivity contribution >= 4 is 29.0 Å². The molecule has 0 unspecified atom stereocenters. The van der Waals surface area contributed by atoms with Gasteiger partial charge in [-0.3, -0.25) is 19.8 Å². The minimum atomic E-state index is -0.604. The van der Waals surface area contributed by atoms with Gasteiger partial charge in [0.25, 0.3) is 5.69 Å². The van der Waals surface area contributed by atoms with Crippen molar-refractivity contribution in [3.05, 3.63) is 57.9 Å². The second-order valence-corrected chi connectivity index (χ2v) is 6.49. The van der Waals surface area contributed by atoms with Crippen LogP contribution in [0.25, 0.3) is 0 Å². The van der Waals surface area contributed by atoms with E-state index in [-0.39, 0.29) is 24.1 Å². The first kappa shape index (κ1) is 15.7. The highest BCUT2D eigenvalue weighted by molar-refractivity contribution is 8.00. The van der Waals surface area contributed by atoms with Crippen LogP contribution in [-0.2, 0) is 4.79 Å². The summed E-state index contributed by atoms with van der Waals surface area (Å²) in [4.78, 5) is 24.8. The lowest BCUT2D eigenvalue weighted by Gasteiger charge is -2.24. The number of carbonyl (C=O) groups excluding carboxylic acids is 1. The smallest absolute Gasteiger partial charge is 0.279 e. The molecule has 128 valence electrons. The highest BCUT2D eigenvalue weighted by Gasteiger charge is 2.39. The molecule has 1 atom stereocenters. The number of thioether (sulfide) groups is 1. The number of anilines is 1. The SMILES string of the molecule is O=C1CS[C@H](c2cc3c(cc2[N+](=O)[O-])OCO3)N1c1ccc(F)cc1. The highest BCUT2D eigenvalue weighted by atomic mass is 32.2. The van der Waals surface area contributed by atoms with Crippen LogP contribution in [0, 0.1) is 15.9 Å². The molecule has 0 N–H and O–H groups in total. The van der Waals surface area contributed by atoms with Crippen LogP contribution in [0.5, 0.6) is 11.5 Å². The number of hydrogen-bond acceptors (Lipinski definition) is 6. The molecule has 0 bridgehead atoms. The fraction of sp³-hybridized carbons (Fsp3) is 0.188. The number of carbonyl (C=O) groups is 1. The Morgan fingerprint density at radius 1 is 1.20 bits per heavy atom. The Balaban J connectivity index is 1.81. The van der Waals surface area contributed by atoms with Crippen LogP contribution >= 0.6 is 11.8 Å². The Hall–Kier alpha value is -2.81. The number of hydrogen-bond donors (Lipinski definition) is 0. The summed E-state index contributed by atoms with van der Waals surface area (Å²) in [6.45, 7) is -0.00560. The van der Waals surface area contributed by atoms with Gasteiger partial charge in [-0.1, -0.05) is 0 Å². The molecule has 1 saturated heterocycles. The van der Waals surface area contributed by atoms with Gasteiger partial charge in [-0.2, -0.15) is 0 Å². The van der Waals surface area contributed by atoms with Gasteiger partial charge >= 0.3 is 0 Å². The van der Waals surface area contributed by atoms with Gasteiger partial charge in [-0.05, 0) is 30.3 Å². The average molecular weight is 362 g/mol. The van der Waals surface area contributed by atoms with Gasteiger partial charge in [-0.15, -0.1) is 11.8 Å². The molecule has 9 heteroatoms. The molecule has 0 spiro atoms. The van der Waals surface area contributed by atoms with E-state index in [2.05, 4.69) is 0 Å². The minimum Gasteiger partial charge on any atom is -0.454 e. The lowest BCUT2D eigenvalue weighted by molar-refractivity contribution is -0.385. The zero-order valence-electron chi connectivity index (χ0n) is 12.7. The quantitative estimate of drug-likeness (QED) is 0.616. The number of fused-ring (bicyclic) bond motifs is 1. The van der Waals surface area contributed by atoms with Crippen LogP contribution < -0.4 is 14.4 Å². The molecule has 4 rings (SSSR count). The van der Waals surface area contributed by atoms with E-state index in [0.717, 1.165) is 0 Å². The van der Waals surface area contributed by atoms with Gasteiger partial charge in [0.2, 0.25) is 12.7 Å². The van der Waals surface area contributed by atoms with Crippen LogP contribution in [0.4, 0.5) is 15.8 Å². The summed E-state index contributed by atoms with van der Waals surface area (Å²) in [7, 11) is 0. The number of nitro groups is 1. The summed E-state index contributed by atoms with van der Waals surface area (Å²) >= 11 is 1.27. The first-order valence-corrected chi connectivity index (χ1v) is 8.36. The third-order valence-corrected chi connectivity index (χ3v) is 5.15. The van der Waals surface area contributed by atoms with Crippen molar-refractivity contribution in [1.82, 2.24) is 0 Å². The van der Waals surface area contributed by atoms with E-state index in [1.54, 1.807) is 0 Å². The predicted molar refractivity (Wildman–Crippen MR) is 88.3 cm³/mol. The Morgan fingerprint density at radius 3 is 2.56 bits per heavy atom. The van der Waals surface area contributed by atoms with E-state index in [1.165, 1.54) is 53.1 Å². The molecule has 1 amide bonds. The predicted octanol–water partition coefficient (Wildman–Crippen LogP) is 3.24. The maximum Gasteiger partial charge on any atom is 0.279 e. The summed E-state index contributed by atoms with van der Waals surface area (Å²) < 4.78 is 23.7. The van der Waals surface area contributed by atoms with E-state index < -0.39 is 16.1 Å². The number of amides is 1. The fourth-order valence-electron chi connectivity index (χ4n) is 2.84. The summed E-state index contributed by atoms with van der Waals surface area (Å²) in [6.07, 6.45) is 0. The monoisotopic (exact) mass is 362 g/mol. The van der Waals surface area contributed by atoms with E-state index in [9.17, 15) is 19.3 Å². The first-order chi connectivity index (χ1) is 12.0. The summed E-state index contributed by atoms with van der Waals surface area (Å²) in [6, 6.07) is 8.29. The molecule has 2 aromatic carbocycles. The molecular formula is C16H11FN2O5S. The first-order valence-electron chi connectivity index (χ1n) is 7.32. The average Bonchev–Trinajstić information content (AvgIpc) is 3.20. The van der Waals surface area contributed by atoms with Crippen LogP contribution in [-0.4, -0.2) is 23.4 Å². The third kappa shape index (κ3) is 2.66. The van der Waals surface area contributed by atoms with Gasteiger partial charge < -0.3 is 9.47 Å². The van der Waals surface area contributed by atoms with Crippen molar-refractivity contribution in [2.24, 2.45) is 0 Å². The van der Waals surface area contributed by atoms with Gasteiger partial charge in [0.15, 0.2) is 11.5 Å². The maximum atomic E-state index is 13.2. The van der Waals surface area contributed by atoms with Gasteiger partial charge in [0.1, 0.15) is 11.2 Å². The molecule has 0 radical (unpaired) electrons. The second kappa shape index (κ2) is 5.92. The van der Waals surface area contributed by atoms with Crippen molar-refractivity contribution in [3.63, 3.8) is 0 Å². The number of rotatable bonds is 3. The number of halogens is 1. The van der Waals surface area contributed by atoms with Crippen LogP contribution in [0.2, 0.25) is 0 Å². The Morgan fingerprint density at radius 2 is 1.88 bits per heavy atom. The van der Waals surface area contributed by atoms with Crippen molar-refractivity contribution < 1.29 is 23.6 Å². The molecular weight excluding hydrogens is 351 g/mol. The molecule has 0 aliphatic carbocycles. The number of nitro benzene ring substituents is 1. The number of ether oxygens (including phenoxy) is 2. The van der Waals surface area contributed by atoms with E-state index in [4.69, 9.17) is 9.47 Å². The molecule has 2 aliphatic rings. The Kier molecular flexibility index (Phi) is 3.72. The van der Waals surface area contributed by atoms with E-state index in [1.807, 2.05) is 0 Å². The van der Waals surface area contributed by atoms with Crippen LogP contribution in [0.1, 0.15) is 10.9 Å². The second-order valence-electron chi connectivity index (χ2n) is 5.42. The van der Waals surface area contributed by atoms with Crippen molar-refractivity contribution in [2.45, 2.75) is 5.37 Å². The molecule has 2 aliphatic heterocycles. The molecule has 1 fully saturated rings. The Labute approximate surface area is 145 Å². The van der Waals surface area contributed by atoms with Crippen molar-refractivity contribution in [2.75, 3.05) is 17.4 Å². The highest BCUT2D eigenvalue weighted by Crippen LogP contribution is 2.48. The normalized spacial score (nSPS) is 18.7. The number of nitrogens with zero attached hydrogens (tertiary/aromatic N) is 2. The summed E-state index contributed by atoms with van der Waals surface area (Å²) in [5.41, 5.74) is 0.673. The molecule has 0 saturated carbocycles. The zero-order valence-corrected chi connectivity index (χ0v) is 13.5. The molecule has 2 aromatic rings. The van der Waals surface area contributed by atoms with Gasteiger partial charge in [0, 0.05) is 5.69 Å². The summed E-state index contributed by atoms with van der Waals surface area (Å²) in [5, 5.41) is 10.9. The van der Waals surface area contributed by atoms with Crippen molar-refractivity contribution in [1.29, 1.82) is 0 Å². The summed E-state index contributed by atoms with van der Waals surface area (Å²) in [5.74, 6) is 0.258. The van der Waals surface area contributed by atoms with Crippen LogP contribution in [0.15, 0.2) is 36.4 Å². The fourth-order valence-corrected chi connectivity index (χ4v) is 4.03. The van der Waals surface area contributed by atoms with Crippen molar-refractivity contribution in [3.8, 4) is 11.5 Å². The van der Waals surface area contributed by atoms with E-state index in [0.29, 0.717) is 22.7 Å². The van der Waals surface area contributed by atoms with E-state index >= 15 is 0 Å². The zero-order chi connectivity index (χ0) is 17.6. The van der Waals surface area contributed by atoms with Gasteiger partial charge in [-0.25, -0.2) is 4.39 Å². The van der Waals surface area contributed by atoms with Gasteiger partial charge in [0.05, 0.1) is 22.3 Å². The molecule has 25 heavy (non-hydrogen) atoms. The lowest BCUT2D eigenvalue weighted by Crippen LogP contribution is -2.28. The third-order valence-electron chi connectivity index (χ3n) is 3.96. The topological polar surface area (TPSA) is 81.9 Å². The van der Waals surface area contributed by atoms with Crippen LogP contribution in [0.3, 0.4) is 0 Å². The lowest BCUT2D eigenvalue weighted by atomic mass is 10.1. The largest absolute Gasteiger partial charge is 0.454 e. The molecule has 7 nitrogen and oxygen atoms in total. The Bertz CT molecular complexity index is 874. The molecule has 0 aromatic heterocycles. The number of benzene rings is 2.